The average Bonchev–Trinajstić information content (AvgIpc) is 3.33. The molecule has 1 fully saturated rings. The highest BCUT2D eigenvalue weighted by atomic mass is 16.3. The number of piperidine rings is 1. The highest BCUT2D eigenvalue weighted by Crippen LogP contribution is 2.29. The number of carbonyl (C=O) groups is 2. The van der Waals surface area contributed by atoms with Gasteiger partial charge in [0.15, 0.2) is 0 Å². The van der Waals surface area contributed by atoms with Gasteiger partial charge < -0.3 is 15.1 Å². The molecular formula is C20H20N4O3. The van der Waals surface area contributed by atoms with E-state index < -0.39 is 5.91 Å². The zero-order valence-corrected chi connectivity index (χ0v) is 14.8. The fraction of sp³-hybridized carbons (Fsp3) is 0.250. The van der Waals surface area contributed by atoms with Gasteiger partial charge in [0.2, 0.25) is 5.91 Å². The van der Waals surface area contributed by atoms with Crippen LogP contribution >= 0.6 is 0 Å². The molecule has 0 spiro atoms. The molecule has 2 aromatic heterocycles. The van der Waals surface area contributed by atoms with Crippen molar-refractivity contribution in [2.45, 2.75) is 18.9 Å². The van der Waals surface area contributed by atoms with Gasteiger partial charge in [0, 0.05) is 30.2 Å². The van der Waals surface area contributed by atoms with Gasteiger partial charge in [-0.05, 0) is 43.2 Å². The lowest BCUT2D eigenvalue weighted by Gasteiger charge is -2.32. The summed E-state index contributed by atoms with van der Waals surface area (Å²) in [6.07, 6.45) is 6.37. The van der Waals surface area contributed by atoms with E-state index in [2.05, 4.69) is 11.7 Å². The molecule has 4 rings (SSSR count). The zero-order valence-electron chi connectivity index (χ0n) is 14.8. The Labute approximate surface area is 156 Å². The van der Waals surface area contributed by atoms with Gasteiger partial charge >= 0.3 is 0 Å². The molecule has 1 aliphatic rings. The molecule has 27 heavy (non-hydrogen) atoms. The molecule has 0 saturated carbocycles. The van der Waals surface area contributed by atoms with Crippen LogP contribution in [-0.4, -0.2) is 39.6 Å². The van der Waals surface area contributed by atoms with E-state index in [1.54, 1.807) is 22.0 Å². The molecule has 1 aromatic carbocycles. The minimum Gasteiger partial charge on any atom is -0.464 e. The van der Waals surface area contributed by atoms with E-state index in [4.69, 9.17) is 10.2 Å². The molecule has 1 atom stereocenters. The van der Waals surface area contributed by atoms with E-state index in [9.17, 15) is 9.59 Å². The number of carbonyl (C=O) groups excluding carboxylic acids is 2. The molecule has 0 aliphatic carbocycles. The predicted molar refractivity (Wildman–Crippen MR) is 101 cm³/mol. The van der Waals surface area contributed by atoms with Crippen LogP contribution in [0.1, 0.15) is 29.2 Å². The summed E-state index contributed by atoms with van der Waals surface area (Å²) < 4.78 is 7.13. The van der Waals surface area contributed by atoms with Gasteiger partial charge in [-0.15, -0.1) is 0 Å². The summed E-state index contributed by atoms with van der Waals surface area (Å²) in [6, 6.07) is 7.48. The summed E-state index contributed by atoms with van der Waals surface area (Å²) in [5, 5.41) is 5.59. The lowest BCUT2D eigenvalue weighted by atomic mass is 10.1. The Morgan fingerprint density at radius 1 is 1.33 bits per heavy atom. The number of benzene rings is 1. The van der Waals surface area contributed by atoms with Crippen LogP contribution in [0, 0.1) is 0 Å². The maximum Gasteiger partial charge on any atom is 0.252 e. The molecule has 138 valence electrons. The molecule has 1 aliphatic heterocycles. The molecule has 7 heteroatoms. The second-order valence-corrected chi connectivity index (χ2v) is 6.69. The fourth-order valence-corrected chi connectivity index (χ4v) is 3.59. The second kappa shape index (κ2) is 6.75. The molecule has 7 nitrogen and oxygen atoms in total. The first-order chi connectivity index (χ1) is 13.1. The van der Waals surface area contributed by atoms with Crippen molar-refractivity contribution in [1.29, 1.82) is 0 Å². The Bertz CT molecular complexity index is 1030. The standard InChI is InChI=1S/C20H20N4O3/c1-2-18(25)23-8-3-4-15(11-23)24-12-16(20(21)26)19(22-24)14-5-6-17-13(10-14)7-9-27-17/h2,5-7,9-10,12,15H,1,3-4,8,11H2,(H2,21,26). The highest BCUT2D eigenvalue weighted by Gasteiger charge is 2.26. The first-order valence-electron chi connectivity index (χ1n) is 8.84. The Kier molecular flexibility index (Phi) is 4.27. The van der Waals surface area contributed by atoms with Crippen molar-refractivity contribution in [3.05, 3.63) is 54.9 Å². The number of hydrogen-bond donors (Lipinski definition) is 1. The van der Waals surface area contributed by atoms with Crippen molar-refractivity contribution in [1.82, 2.24) is 14.7 Å². The Balaban J connectivity index is 1.71. The first kappa shape index (κ1) is 17.1. The number of likely N-dealkylation sites (tertiary alicyclic amines) is 1. The Morgan fingerprint density at radius 2 is 2.19 bits per heavy atom. The van der Waals surface area contributed by atoms with E-state index in [1.165, 1.54) is 6.08 Å². The van der Waals surface area contributed by atoms with Crippen LogP contribution in [0.3, 0.4) is 0 Å². The Hall–Kier alpha value is -3.35. The quantitative estimate of drug-likeness (QED) is 0.720. The molecule has 2 N–H and O–H groups in total. The van der Waals surface area contributed by atoms with Crippen LogP contribution in [0.25, 0.3) is 22.2 Å². The second-order valence-electron chi connectivity index (χ2n) is 6.69. The minimum atomic E-state index is -0.529. The van der Waals surface area contributed by atoms with E-state index in [0.29, 0.717) is 24.3 Å². The lowest BCUT2D eigenvalue weighted by Crippen LogP contribution is -2.40. The topological polar surface area (TPSA) is 94.4 Å². The normalized spacial score (nSPS) is 17.2. The van der Waals surface area contributed by atoms with Gasteiger partial charge in [-0.25, -0.2) is 0 Å². The maximum absolute atomic E-state index is 12.0. The molecule has 2 amide bonds. The average molecular weight is 364 g/mol. The van der Waals surface area contributed by atoms with Gasteiger partial charge in [-0.2, -0.15) is 5.10 Å². The van der Waals surface area contributed by atoms with E-state index in [1.807, 2.05) is 24.3 Å². The van der Waals surface area contributed by atoms with Crippen LogP contribution < -0.4 is 5.73 Å². The van der Waals surface area contributed by atoms with Crippen molar-refractivity contribution < 1.29 is 14.0 Å². The number of primary amides is 1. The van der Waals surface area contributed by atoms with Crippen molar-refractivity contribution in [3.63, 3.8) is 0 Å². The summed E-state index contributed by atoms with van der Waals surface area (Å²) in [5.74, 6) is -0.619. The minimum absolute atomic E-state index is 0.00726. The summed E-state index contributed by atoms with van der Waals surface area (Å²) in [4.78, 5) is 25.7. The summed E-state index contributed by atoms with van der Waals surface area (Å²) in [7, 11) is 0. The van der Waals surface area contributed by atoms with Gasteiger partial charge in [-0.1, -0.05) is 6.58 Å². The van der Waals surface area contributed by atoms with Crippen molar-refractivity contribution in [2.24, 2.45) is 5.73 Å². The van der Waals surface area contributed by atoms with Crippen molar-refractivity contribution >= 4 is 22.8 Å². The third kappa shape index (κ3) is 3.12. The van der Waals surface area contributed by atoms with Crippen LogP contribution in [0.4, 0.5) is 0 Å². The third-order valence-corrected chi connectivity index (χ3v) is 4.98. The van der Waals surface area contributed by atoms with Crippen LogP contribution in [0.15, 0.2) is 53.8 Å². The molecule has 1 unspecified atom stereocenters. The Morgan fingerprint density at radius 3 is 2.96 bits per heavy atom. The molecule has 0 bridgehead atoms. The molecular weight excluding hydrogens is 344 g/mol. The number of furan rings is 1. The summed E-state index contributed by atoms with van der Waals surface area (Å²) >= 11 is 0. The first-order valence-corrected chi connectivity index (χ1v) is 8.84. The zero-order chi connectivity index (χ0) is 19.0. The molecule has 3 aromatic rings. The van der Waals surface area contributed by atoms with Gasteiger partial charge in [0.05, 0.1) is 17.9 Å². The fourth-order valence-electron chi connectivity index (χ4n) is 3.59. The highest BCUT2D eigenvalue weighted by molar-refractivity contribution is 5.99. The monoisotopic (exact) mass is 364 g/mol. The smallest absolute Gasteiger partial charge is 0.252 e. The van der Waals surface area contributed by atoms with Gasteiger partial charge in [0.25, 0.3) is 5.91 Å². The predicted octanol–water partition coefficient (Wildman–Crippen LogP) is 2.74. The molecule has 0 radical (unpaired) electrons. The number of aromatic nitrogens is 2. The number of fused-ring (bicyclic) bond motifs is 1. The third-order valence-electron chi connectivity index (χ3n) is 4.98. The van der Waals surface area contributed by atoms with Gasteiger partial charge in [0.1, 0.15) is 11.3 Å². The molecule has 1 saturated heterocycles. The maximum atomic E-state index is 12.0. The van der Waals surface area contributed by atoms with Gasteiger partial charge in [-0.3, -0.25) is 14.3 Å². The van der Waals surface area contributed by atoms with Crippen LogP contribution in [0.5, 0.6) is 0 Å². The van der Waals surface area contributed by atoms with Crippen LogP contribution in [-0.2, 0) is 4.79 Å². The number of nitrogens with zero attached hydrogens (tertiary/aromatic N) is 3. The van der Waals surface area contributed by atoms with E-state index in [-0.39, 0.29) is 11.9 Å². The van der Waals surface area contributed by atoms with E-state index in [0.717, 1.165) is 29.4 Å². The lowest BCUT2D eigenvalue weighted by molar-refractivity contribution is -0.127. The van der Waals surface area contributed by atoms with Crippen LogP contribution in [0.2, 0.25) is 0 Å². The number of nitrogens with two attached hydrogens (primary N) is 1. The number of rotatable bonds is 4. The van der Waals surface area contributed by atoms with Crippen molar-refractivity contribution in [3.8, 4) is 11.3 Å². The summed E-state index contributed by atoms with van der Waals surface area (Å²) in [6.45, 7) is 4.79. The van der Waals surface area contributed by atoms with E-state index >= 15 is 0 Å². The SMILES string of the molecule is C=CC(=O)N1CCCC(n2cc(C(N)=O)c(-c3ccc4occc4c3)n2)C1. The van der Waals surface area contributed by atoms with Crippen molar-refractivity contribution in [2.75, 3.05) is 13.1 Å². The number of hydrogen-bond acceptors (Lipinski definition) is 4. The summed E-state index contributed by atoms with van der Waals surface area (Å²) in [5.41, 5.74) is 8.07. The largest absolute Gasteiger partial charge is 0.464 e. The molecule has 3 heterocycles. The number of amides is 2.